The van der Waals surface area contributed by atoms with Gasteiger partial charge in [-0.3, -0.25) is 4.79 Å². The maximum Gasteiger partial charge on any atom is 0.219 e. The van der Waals surface area contributed by atoms with Crippen LogP contribution in [0.3, 0.4) is 0 Å². The first-order valence-electron chi connectivity index (χ1n) is 4.42. The van der Waals surface area contributed by atoms with Crippen molar-refractivity contribution in [3.05, 3.63) is 28.2 Å². The Morgan fingerprint density at radius 3 is 2.80 bits per heavy atom. The predicted octanol–water partition coefficient (Wildman–Crippen LogP) is 1.33. The first kappa shape index (κ1) is 12.0. The zero-order valence-electron chi connectivity index (χ0n) is 8.37. The topological polar surface area (TPSA) is 78.3 Å². The van der Waals surface area contributed by atoms with Gasteiger partial charge in [0.15, 0.2) is 0 Å². The highest BCUT2D eigenvalue weighted by Gasteiger charge is 2.13. The van der Waals surface area contributed by atoms with E-state index in [2.05, 4.69) is 15.9 Å². The molecule has 0 aliphatic rings. The zero-order valence-corrected chi connectivity index (χ0v) is 9.95. The summed E-state index contributed by atoms with van der Waals surface area (Å²) in [6.45, 7) is 0. The molecule has 0 radical (unpaired) electrons. The molecule has 1 rings (SSSR count). The highest BCUT2D eigenvalue weighted by atomic mass is 79.9. The largest absolute Gasteiger partial charge is 0.497 e. The first-order valence-corrected chi connectivity index (χ1v) is 5.21. The quantitative estimate of drug-likeness (QED) is 0.868. The number of ether oxygens (including phenoxy) is 1. The van der Waals surface area contributed by atoms with E-state index in [0.717, 1.165) is 10.0 Å². The van der Waals surface area contributed by atoms with Gasteiger partial charge in [-0.25, -0.2) is 0 Å². The van der Waals surface area contributed by atoms with Gasteiger partial charge in [-0.1, -0.05) is 15.9 Å². The maximum absolute atomic E-state index is 10.7. The second-order valence-electron chi connectivity index (χ2n) is 3.16. The number of halogens is 1. The molecule has 15 heavy (non-hydrogen) atoms. The molecule has 4 nitrogen and oxygen atoms in total. The summed E-state index contributed by atoms with van der Waals surface area (Å²) in [7, 11) is 1.58. The smallest absolute Gasteiger partial charge is 0.219 e. The number of hydrogen-bond donors (Lipinski definition) is 2. The Hall–Kier alpha value is -1.07. The zero-order chi connectivity index (χ0) is 11.4. The van der Waals surface area contributed by atoms with E-state index in [-0.39, 0.29) is 6.42 Å². The van der Waals surface area contributed by atoms with Crippen molar-refractivity contribution in [3.8, 4) is 5.75 Å². The summed E-state index contributed by atoms with van der Waals surface area (Å²) in [6, 6.07) is 5.02. The predicted molar refractivity (Wildman–Crippen MR) is 61.4 cm³/mol. The molecule has 0 aliphatic carbocycles. The van der Waals surface area contributed by atoms with Crippen LogP contribution in [-0.4, -0.2) is 13.0 Å². The van der Waals surface area contributed by atoms with Crippen LogP contribution < -0.4 is 16.2 Å². The Bertz CT molecular complexity index is 368. The number of carbonyl (C=O) groups is 1. The lowest BCUT2D eigenvalue weighted by molar-refractivity contribution is -0.118. The molecule has 0 unspecified atom stereocenters. The van der Waals surface area contributed by atoms with Crippen LogP contribution in [0.15, 0.2) is 22.7 Å². The SMILES string of the molecule is COc1ccc(Br)c([C@H](N)CC(N)=O)c1. The van der Waals surface area contributed by atoms with E-state index in [1.165, 1.54) is 0 Å². The Balaban J connectivity index is 2.95. The summed E-state index contributed by atoms with van der Waals surface area (Å²) in [4.78, 5) is 10.7. The summed E-state index contributed by atoms with van der Waals surface area (Å²) >= 11 is 3.36. The van der Waals surface area contributed by atoms with Crippen LogP contribution in [0.25, 0.3) is 0 Å². The molecular weight excluding hydrogens is 260 g/mol. The van der Waals surface area contributed by atoms with E-state index in [1.54, 1.807) is 13.2 Å². The van der Waals surface area contributed by atoms with E-state index in [4.69, 9.17) is 16.2 Å². The Morgan fingerprint density at radius 1 is 1.60 bits per heavy atom. The lowest BCUT2D eigenvalue weighted by atomic mass is 10.0. The number of rotatable bonds is 4. The third kappa shape index (κ3) is 3.21. The van der Waals surface area contributed by atoms with Crippen molar-refractivity contribution in [3.63, 3.8) is 0 Å². The molecule has 1 amide bonds. The van der Waals surface area contributed by atoms with Gasteiger partial charge in [0.2, 0.25) is 5.91 Å². The minimum absolute atomic E-state index is 0.117. The molecule has 4 N–H and O–H groups in total. The van der Waals surface area contributed by atoms with Crippen molar-refractivity contribution >= 4 is 21.8 Å². The van der Waals surface area contributed by atoms with Crippen LogP contribution in [0.2, 0.25) is 0 Å². The average Bonchev–Trinajstić information content (AvgIpc) is 2.17. The molecule has 0 bridgehead atoms. The van der Waals surface area contributed by atoms with Crippen molar-refractivity contribution in [1.29, 1.82) is 0 Å². The van der Waals surface area contributed by atoms with E-state index in [0.29, 0.717) is 5.75 Å². The van der Waals surface area contributed by atoms with Gasteiger partial charge in [-0.15, -0.1) is 0 Å². The molecule has 0 aliphatic heterocycles. The fourth-order valence-corrected chi connectivity index (χ4v) is 1.80. The Morgan fingerprint density at radius 2 is 2.27 bits per heavy atom. The van der Waals surface area contributed by atoms with Crippen LogP contribution in [0.5, 0.6) is 5.75 Å². The molecule has 0 saturated carbocycles. The third-order valence-electron chi connectivity index (χ3n) is 2.02. The van der Waals surface area contributed by atoms with Crippen molar-refractivity contribution in [1.82, 2.24) is 0 Å². The molecule has 82 valence electrons. The molecular formula is C10H13BrN2O2. The summed E-state index contributed by atoms with van der Waals surface area (Å²) in [6.07, 6.45) is 0.117. The highest BCUT2D eigenvalue weighted by Crippen LogP contribution is 2.27. The van der Waals surface area contributed by atoms with Gasteiger partial charge in [0.05, 0.1) is 7.11 Å². The summed E-state index contributed by atoms with van der Waals surface area (Å²) in [5.74, 6) is 0.283. The van der Waals surface area contributed by atoms with Crippen LogP contribution >= 0.6 is 15.9 Å². The number of methoxy groups -OCH3 is 1. The van der Waals surface area contributed by atoms with Crippen molar-refractivity contribution in [2.45, 2.75) is 12.5 Å². The van der Waals surface area contributed by atoms with Gasteiger partial charge in [-0.05, 0) is 23.8 Å². The van der Waals surface area contributed by atoms with Crippen LogP contribution in [0.4, 0.5) is 0 Å². The molecule has 1 atom stereocenters. The summed E-state index contributed by atoms with van der Waals surface area (Å²) < 4.78 is 5.92. The van der Waals surface area contributed by atoms with Gasteiger partial charge >= 0.3 is 0 Å². The van der Waals surface area contributed by atoms with Crippen LogP contribution in [0, 0.1) is 0 Å². The van der Waals surface area contributed by atoms with Crippen molar-refractivity contribution in [2.24, 2.45) is 11.5 Å². The van der Waals surface area contributed by atoms with Crippen LogP contribution in [-0.2, 0) is 4.79 Å². The standard InChI is InChI=1S/C10H13BrN2O2/c1-15-6-2-3-8(11)7(4-6)9(12)5-10(13)14/h2-4,9H,5,12H2,1H3,(H2,13,14)/t9-/m1/s1. The van der Waals surface area contributed by atoms with Gasteiger partial charge in [-0.2, -0.15) is 0 Å². The fourth-order valence-electron chi connectivity index (χ4n) is 1.26. The number of benzene rings is 1. The van der Waals surface area contributed by atoms with E-state index in [9.17, 15) is 4.79 Å². The maximum atomic E-state index is 10.7. The van der Waals surface area contributed by atoms with E-state index < -0.39 is 11.9 Å². The van der Waals surface area contributed by atoms with Crippen molar-refractivity contribution in [2.75, 3.05) is 7.11 Å². The minimum Gasteiger partial charge on any atom is -0.497 e. The summed E-state index contributed by atoms with van der Waals surface area (Å²) in [5, 5.41) is 0. The van der Waals surface area contributed by atoms with E-state index in [1.807, 2.05) is 12.1 Å². The number of nitrogens with two attached hydrogens (primary N) is 2. The molecule has 0 heterocycles. The second-order valence-corrected chi connectivity index (χ2v) is 4.02. The van der Waals surface area contributed by atoms with Crippen molar-refractivity contribution < 1.29 is 9.53 Å². The molecule has 5 heteroatoms. The molecule has 1 aromatic rings. The molecule has 1 aromatic carbocycles. The summed E-state index contributed by atoms with van der Waals surface area (Å²) in [5.41, 5.74) is 11.7. The monoisotopic (exact) mass is 272 g/mol. The van der Waals surface area contributed by atoms with Gasteiger partial charge in [0.25, 0.3) is 0 Å². The third-order valence-corrected chi connectivity index (χ3v) is 2.75. The highest BCUT2D eigenvalue weighted by molar-refractivity contribution is 9.10. The molecule has 0 aromatic heterocycles. The number of amides is 1. The average molecular weight is 273 g/mol. The molecule has 0 saturated heterocycles. The second kappa shape index (κ2) is 5.14. The fraction of sp³-hybridized carbons (Fsp3) is 0.300. The number of carbonyl (C=O) groups excluding carboxylic acids is 1. The Kier molecular flexibility index (Phi) is 4.11. The minimum atomic E-state index is -0.419. The first-order chi connectivity index (χ1) is 7.04. The van der Waals surface area contributed by atoms with Crippen LogP contribution in [0.1, 0.15) is 18.0 Å². The number of primary amides is 1. The van der Waals surface area contributed by atoms with Gasteiger partial charge < -0.3 is 16.2 Å². The number of hydrogen-bond acceptors (Lipinski definition) is 3. The van der Waals surface area contributed by atoms with E-state index >= 15 is 0 Å². The normalized spacial score (nSPS) is 12.2. The van der Waals surface area contributed by atoms with Gasteiger partial charge in [0, 0.05) is 16.9 Å². The van der Waals surface area contributed by atoms with Gasteiger partial charge in [0.1, 0.15) is 5.75 Å². The Labute approximate surface area is 96.7 Å². The molecule has 0 spiro atoms. The lowest BCUT2D eigenvalue weighted by Gasteiger charge is -2.13. The molecule has 0 fully saturated rings. The lowest BCUT2D eigenvalue weighted by Crippen LogP contribution is -2.21.